The number of carbonyl (C=O) groups excluding carboxylic acids is 1. The smallest absolute Gasteiger partial charge is 0.187 e. The number of nitrogens with one attached hydrogen (secondary N) is 1. The van der Waals surface area contributed by atoms with Crippen molar-refractivity contribution < 1.29 is 4.79 Å². The number of hydrogen-bond donors (Lipinski definition) is 1. The molecule has 0 saturated carbocycles. The molecule has 0 aliphatic carbocycles. The van der Waals surface area contributed by atoms with Crippen LogP contribution in [0.2, 0.25) is 5.02 Å². The molecule has 2 aromatic rings. The van der Waals surface area contributed by atoms with Gasteiger partial charge in [0.15, 0.2) is 10.6 Å². The molecule has 1 aromatic heterocycles. The summed E-state index contributed by atoms with van der Waals surface area (Å²) in [5.74, 6) is -0.0122. The third-order valence-corrected chi connectivity index (χ3v) is 3.85. The molecule has 1 heterocycles. The Kier molecular flexibility index (Phi) is 3.17. The highest BCUT2D eigenvalue weighted by atomic mass is 35.5. The molecule has 0 atom stereocenters. The normalized spacial score (nSPS) is 10.5. The minimum atomic E-state index is -0.0122. The zero-order chi connectivity index (χ0) is 12.6. The number of nitrogens with zero attached hydrogens (tertiary/aromatic N) is 1. The van der Waals surface area contributed by atoms with Gasteiger partial charge in [0, 0.05) is 23.3 Å². The van der Waals surface area contributed by atoms with E-state index in [9.17, 15) is 4.79 Å². The van der Waals surface area contributed by atoms with E-state index in [2.05, 4.69) is 0 Å². The van der Waals surface area contributed by atoms with Gasteiger partial charge in [0.05, 0.1) is 4.88 Å². The number of rotatable bonds is 2. The summed E-state index contributed by atoms with van der Waals surface area (Å²) in [7, 11) is 0. The molecule has 17 heavy (non-hydrogen) atoms. The quantitative estimate of drug-likeness (QED) is 0.834. The zero-order valence-electron chi connectivity index (χ0n) is 9.45. The maximum atomic E-state index is 11.4. The lowest BCUT2D eigenvalue weighted by Gasteiger charge is -2.06. The lowest BCUT2D eigenvalue weighted by atomic mass is 10.2. The summed E-state index contributed by atoms with van der Waals surface area (Å²) in [5.41, 5.74) is 1.60. The van der Waals surface area contributed by atoms with Crippen molar-refractivity contribution in [3.05, 3.63) is 44.7 Å². The van der Waals surface area contributed by atoms with Crippen molar-refractivity contribution in [2.75, 3.05) is 0 Å². The molecular weight excluding hydrogens is 256 g/mol. The lowest BCUT2D eigenvalue weighted by Crippen LogP contribution is -2.12. The molecule has 1 N–H and O–H groups in total. The van der Waals surface area contributed by atoms with E-state index in [1.54, 1.807) is 16.7 Å². The van der Waals surface area contributed by atoms with Gasteiger partial charge in [-0.15, -0.1) is 0 Å². The number of aromatic nitrogens is 1. The molecule has 0 saturated heterocycles. The first kappa shape index (κ1) is 12.1. The fourth-order valence-corrected chi connectivity index (χ4v) is 2.82. The fraction of sp³-hybridized carbons (Fsp3) is 0.167. The van der Waals surface area contributed by atoms with E-state index >= 15 is 0 Å². The van der Waals surface area contributed by atoms with Crippen molar-refractivity contribution in [1.29, 1.82) is 5.41 Å². The summed E-state index contributed by atoms with van der Waals surface area (Å²) in [6, 6.07) is 7.26. The number of carbonyl (C=O) groups is 1. The van der Waals surface area contributed by atoms with Gasteiger partial charge in [0.1, 0.15) is 0 Å². The second-order valence-corrected chi connectivity index (χ2v) is 5.13. The fourth-order valence-electron chi connectivity index (χ4n) is 1.72. The highest BCUT2D eigenvalue weighted by molar-refractivity contribution is 7.11. The van der Waals surface area contributed by atoms with Gasteiger partial charge < -0.3 is 0 Å². The first-order valence-corrected chi connectivity index (χ1v) is 6.24. The second kappa shape index (κ2) is 4.47. The van der Waals surface area contributed by atoms with Gasteiger partial charge in [-0.1, -0.05) is 29.0 Å². The molecule has 0 aliphatic heterocycles. The number of benzene rings is 1. The van der Waals surface area contributed by atoms with Crippen LogP contribution in [0.25, 0.3) is 5.69 Å². The third kappa shape index (κ3) is 2.18. The summed E-state index contributed by atoms with van der Waals surface area (Å²) in [4.78, 5) is 12.4. The molecule has 0 bridgehead atoms. The Morgan fingerprint density at radius 2 is 2.18 bits per heavy atom. The minimum Gasteiger partial charge on any atom is -0.294 e. The van der Waals surface area contributed by atoms with Gasteiger partial charge in [-0.3, -0.25) is 14.8 Å². The Bertz CT molecular complexity index is 642. The van der Waals surface area contributed by atoms with Crippen LogP contribution in [0.3, 0.4) is 0 Å². The van der Waals surface area contributed by atoms with Crippen molar-refractivity contribution in [3.8, 4) is 5.69 Å². The SMILES string of the molecule is CC(=O)c1sc(=N)n(-c2cccc(Cl)c2)c1C. The topological polar surface area (TPSA) is 45.9 Å². The van der Waals surface area contributed by atoms with Gasteiger partial charge in [-0.05, 0) is 25.1 Å². The molecule has 0 fully saturated rings. The molecule has 3 nitrogen and oxygen atoms in total. The Balaban J connectivity index is 2.68. The number of halogens is 1. The van der Waals surface area contributed by atoms with Crippen molar-refractivity contribution in [2.24, 2.45) is 0 Å². The van der Waals surface area contributed by atoms with Gasteiger partial charge in [0.25, 0.3) is 0 Å². The molecule has 1 aromatic carbocycles. The summed E-state index contributed by atoms with van der Waals surface area (Å²) >= 11 is 7.12. The van der Waals surface area contributed by atoms with E-state index in [1.807, 2.05) is 19.1 Å². The van der Waals surface area contributed by atoms with Crippen molar-refractivity contribution in [2.45, 2.75) is 13.8 Å². The van der Waals surface area contributed by atoms with Crippen LogP contribution in [0, 0.1) is 12.3 Å². The van der Waals surface area contributed by atoms with Crippen LogP contribution in [0.4, 0.5) is 0 Å². The average Bonchev–Trinajstić information content (AvgIpc) is 2.54. The zero-order valence-corrected chi connectivity index (χ0v) is 11.0. The van der Waals surface area contributed by atoms with Crippen molar-refractivity contribution in [3.63, 3.8) is 0 Å². The predicted octanol–water partition coefficient (Wildman–Crippen LogP) is 3.18. The number of hydrogen-bond acceptors (Lipinski definition) is 3. The van der Waals surface area contributed by atoms with Gasteiger partial charge in [-0.25, -0.2) is 0 Å². The first-order valence-electron chi connectivity index (χ1n) is 5.04. The number of ketones is 1. The highest BCUT2D eigenvalue weighted by Crippen LogP contribution is 2.19. The Hall–Kier alpha value is -1.39. The van der Waals surface area contributed by atoms with Gasteiger partial charge in [-0.2, -0.15) is 0 Å². The Morgan fingerprint density at radius 3 is 2.71 bits per heavy atom. The predicted molar refractivity (Wildman–Crippen MR) is 69.3 cm³/mol. The molecule has 88 valence electrons. The summed E-state index contributed by atoms with van der Waals surface area (Å²) in [6.07, 6.45) is 0. The van der Waals surface area contributed by atoms with E-state index in [4.69, 9.17) is 17.0 Å². The van der Waals surface area contributed by atoms with Crippen LogP contribution >= 0.6 is 22.9 Å². The second-order valence-electron chi connectivity index (χ2n) is 3.69. The highest BCUT2D eigenvalue weighted by Gasteiger charge is 2.13. The largest absolute Gasteiger partial charge is 0.294 e. The van der Waals surface area contributed by atoms with Crippen LogP contribution < -0.4 is 4.80 Å². The molecule has 0 spiro atoms. The molecule has 5 heteroatoms. The first-order chi connectivity index (χ1) is 8.00. The van der Waals surface area contributed by atoms with Crippen molar-refractivity contribution >= 4 is 28.7 Å². The molecule has 0 radical (unpaired) electrons. The number of Topliss-reactive ketones (excluding diaryl/α,β-unsaturated/α-hetero) is 1. The van der Waals surface area contributed by atoms with E-state index in [-0.39, 0.29) is 5.78 Å². The Morgan fingerprint density at radius 1 is 1.47 bits per heavy atom. The average molecular weight is 267 g/mol. The molecule has 2 rings (SSSR count). The van der Waals surface area contributed by atoms with E-state index in [0.29, 0.717) is 14.7 Å². The summed E-state index contributed by atoms with van der Waals surface area (Å²) < 4.78 is 1.73. The van der Waals surface area contributed by atoms with Crippen LogP contribution in [0.1, 0.15) is 22.3 Å². The van der Waals surface area contributed by atoms with Gasteiger partial charge >= 0.3 is 0 Å². The molecule has 0 amide bonds. The van der Waals surface area contributed by atoms with E-state index < -0.39 is 0 Å². The standard InChI is InChI=1S/C12H11ClN2OS/c1-7-11(8(2)16)17-12(14)15(7)10-5-3-4-9(13)6-10/h3-6,14H,1-2H3. The Labute approximate surface area is 108 Å². The molecule has 0 unspecified atom stereocenters. The summed E-state index contributed by atoms with van der Waals surface area (Å²) in [6.45, 7) is 3.35. The lowest BCUT2D eigenvalue weighted by molar-refractivity contribution is 0.102. The third-order valence-electron chi connectivity index (χ3n) is 2.45. The van der Waals surface area contributed by atoms with Crippen molar-refractivity contribution in [1.82, 2.24) is 4.57 Å². The van der Waals surface area contributed by atoms with Gasteiger partial charge in [0.2, 0.25) is 0 Å². The van der Waals surface area contributed by atoms with E-state index in [0.717, 1.165) is 11.4 Å². The molecule has 0 aliphatic rings. The van der Waals surface area contributed by atoms with E-state index in [1.165, 1.54) is 18.3 Å². The maximum absolute atomic E-state index is 11.4. The maximum Gasteiger partial charge on any atom is 0.187 e. The summed E-state index contributed by atoms with van der Waals surface area (Å²) in [5, 5.41) is 8.54. The molecular formula is C12H11ClN2OS. The van der Waals surface area contributed by atoms with Crippen LogP contribution in [-0.2, 0) is 0 Å². The van der Waals surface area contributed by atoms with Crippen LogP contribution in [-0.4, -0.2) is 10.4 Å². The monoisotopic (exact) mass is 266 g/mol. The number of thiazole rings is 1. The minimum absolute atomic E-state index is 0.0122. The van der Waals surface area contributed by atoms with Crippen LogP contribution in [0.15, 0.2) is 24.3 Å². The van der Waals surface area contributed by atoms with Crippen LogP contribution in [0.5, 0.6) is 0 Å².